The summed E-state index contributed by atoms with van der Waals surface area (Å²) in [4.78, 5) is 2.40. The van der Waals surface area contributed by atoms with E-state index in [-0.39, 0.29) is 6.10 Å². The van der Waals surface area contributed by atoms with Crippen LogP contribution < -0.4 is 0 Å². The first-order chi connectivity index (χ1) is 11.3. The number of benzene rings is 1. The van der Waals surface area contributed by atoms with Gasteiger partial charge in [0.2, 0.25) is 0 Å². The Morgan fingerprint density at radius 1 is 1.39 bits per heavy atom. The Labute approximate surface area is 134 Å². The number of hydrogen-bond donors (Lipinski definition) is 1. The summed E-state index contributed by atoms with van der Waals surface area (Å²) < 4.78 is 7.97. The molecule has 1 aliphatic heterocycles. The number of H-pyrrole nitrogens is 1. The molecular weight excluding hydrogens is 292 g/mol. The van der Waals surface area contributed by atoms with Crippen LogP contribution in [-0.4, -0.2) is 49.6 Å². The van der Waals surface area contributed by atoms with Gasteiger partial charge in [0.25, 0.3) is 0 Å². The molecule has 3 heterocycles. The number of nitrogens with one attached hydrogen (secondary N) is 1. The van der Waals surface area contributed by atoms with Crippen LogP contribution in [0.3, 0.4) is 0 Å². The van der Waals surface area contributed by atoms with Gasteiger partial charge in [-0.3, -0.25) is 10.00 Å². The molecule has 7 nitrogen and oxygen atoms in total. The first-order valence-corrected chi connectivity index (χ1v) is 7.97. The first kappa shape index (κ1) is 14.3. The largest absolute Gasteiger partial charge is 0.368 e. The van der Waals surface area contributed by atoms with Gasteiger partial charge in [0.05, 0.1) is 18.3 Å². The summed E-state index contributed by atoms with van der Waals surface area (Å²) in [6.45, 7) is 6.27. The molecule has 3 aromatic rings. The van der Waals surface area contributed by atoms with Crippen molar-refractivity contribution in [3.05, 3.63) is 42.1 Å². The molecular formula is C16H20N6O. The highest BCUT2D eigenvalue weighted by Crippen LogP contribution is 2.23. The lowest BCUT2D eigenvalue weighted by molar-refractivity contribution is -0.0387. The van der Waals surface area contributed by atoms with Gasteiger partial charge < -0.3 is 9.30 Å². The van der Waals surface area contributed by atoms with E-state index in [1.54, 1.807) is 6.33 Å². The Morgan fingerprint density at radius 3 is 3.26 bits per heavy atom. The SMILES string of the molecule is CCn1cnnc1[C@H]1CN(Cc2cccc3cn[nH]c23)CCO1. The molecule has 0 aliphatic carbocycles. The molecule has 0 radical (unpaired) electrons. The standard InChI is InChI=1S/C16H20N6O/c1-2-22-11-18-20-16(22)14-10-21(6-7-23-14)9-13-5-3-4-12-8-17-19-15(12)13/h3-5,8,11,14H,2,6-7,9-10H2,1H3,(H,17,19)/t14-/m1/s1. The third kappa shape index (κ3) is 2.73. The Balaban J connectivity index is 1.53. The quantitative estimate of drug-likeness (QED) is 0.794. The fourth-order valence-corrected chi connectivity index (χ4v) is 3.16. The summed E-state index contributed by atoms with van der Waals surface area (Å²) in [6.07, 6.45) is 3.61. The molecule has 4 rings (SSSR count). The monoisotopic (exact) mass is 312 g/mol. The van der Waals surface area contributed by atoms with Gasteiger partial charge in [-0.25, -0.2) is 0 Å². The minimum atomic E-state index is -0.0211. The van der Waals surface area contributed by atoms with E-state index in [1.165, 1.54) is 5.56 Å². The lowest BCUT2D eigenvalue weighted by Crippen LogP contribution is -2.38. The van der Waals surface area contributed by atoms with Crippen molar-refractivity contribution in [2.45, 2.75) is 26.1 Å². The second-order valence-corrected chi connectivity index (χ2v) is 5.82. The van der Waals surface area contributed by atoms with Crippen LogP contribution in [0.15, 0.2) is 30.7 Å². The number of aryl methyl sites for hydroxylation is 1. The summed E-state index contributed by atoms with van der Waals surface area (Å²) in [6, 6.07) is 6.31. The van der Waals surface area contributed by atoms with Gasteiger partial charge in [-0.05, 0) is 12.5 Å². The van der Waals surface area contributed by atoms with E-state index in [9.17, 15) is 0 Å². The number of fused-ring (bicyclic) bond motifs is 1. The zero-order valence-electron chi connectivity index (χ0n) is 13.1. The number of hydrogen-bond acceptors (Lipinski definition) is 5. The van der Waals surface area contributed by atoms with E-state index in [2.05, 4.69) is 50.4 Å². The van der Waals surface area contributed by atoms with E-state index < -0.39 is 0 Å². The molecule has 1 aromatic carbocycles. The molecule has 0 saturated carbocycles. The summed E-state index contributed by atoms with van der Waals surface area (Å²) >= 11 is 0. The lowest BCUT2D eigenvalue weighted by atomic mass is 10.1. The maximum atomic E-state index is 5.92. The molecule has 7 heteroatoms. The molecule has 1 saturated heterocycles. The minimum Gasteiger partial charge on any atom is -0.368 e. The topological polar surface area (TPSA) is 71.9 Å². The molecule has 1 N–H and O–H groups in total. The average Bonchev–Trinajstić information content (AvgIpc) is 3.24. The predicted molar refractivity (Wildman–Crippen MR) is 85.8 cm³/mol. The third-order valence-corrected chi connectivity index (χ3v) is 4.38. The number of nitrogens with zero attached hydrogens (tertiary/aromatic N) is 5. The Hall–Kier alpha value is -2.25. The number of aromatic nitrogens is 5. The van der Waals surface area contributed by atoms with Crippen molar-refractivity contribution in [3.63, 3.8) is 0 Å². The van der Waals surface area contributed by atoms with Crippen molar-refractivity contribution in [1.82, 2.24) is 29.9 Å². The van der Waals surface area contributed by atoms with E-state index in [0.29, 0.717) is 6.61 Å². The fourth-order valence-electron chi connectivity index (χ4n) is 3.16. The molecule has 0 spiro atoms. The van der Waals surface area contributed by atoms with Gasteiger partial charge in [0, 0.05) is 31.6 Å². The fraction of sp³-hybridized carbons (Fsp3) is 0.438. The van der Waals surface area contributed by atoms with Gasteiger partial charge in [-0.2, -0.15) is 5.10 Å². The van der Waals surface area contributed by atoms with Crippen LogP contribution in [0.5, 0.6) is 0 Å². The van der Waals surface area contributed by atoms with Gasteiger partial charge >= 0.3 is 0 Å². The van der Waals surface area contributed by atoms with Gasteiger partial charge in [-0.1, -0.05) is 18.2 Å². The Morgan fingerprint density at radius 2 is 2.35 bits per heavy atom. The van der Waals surface area contributed by atoms with Crippen LogP contribution >= 0.6 is 0 Å². The predicted octanol–water partition coefficient (Wildman–Crippen LogP) is 1.75. The Kier molecular flexibility index (Phi) is 3.80. The number of ether oxygens (including phenoxy) is 1. The van der Waals surface area contributed by atoms with Crippen molar-refractivity contribution in [1.29, 1.82) is 0 Å². The van der Waals surface area contributed by atoms with Gasteiger partial charge in [0.15, 0.2) is 5.82 Å². The van der Waals surface area contributed by atoms with Crippen LogP contribution in [0.25, 0.3) is 10.9 Å². The van der Waals surface area contributed by atoms with Crippen molar-refractivity contribution in [2.24, 2.45) is 0 Å². The zero-order valence-corrected chi connectivity index (χ0v) is 13.1. The smallest absolute Gasteiger partial charge is 0.163 e. The van der Waals surface area contributed by atoms with Crippen LogP contribution in [0.1, 0.15) is 24.4 Å². The lowest BCUT2D eigenvalue weighted by Gasteiger charge is -2.32. The highest BCUT2D eigenvalue weighted by atomic mass is 16.5. The third-order valence-electron chi connectivity index (χ3n) is 4.38. The molecule has 2 aromatic heterocycles. The highest BCUT2D eigenvalue weighted by molar-refractivity contribution is 5.81. The first-order valence-electron chi connectivity index (χ1n) is 7.97. The maximum Gasteiger partial charge on any atom is 0.163 e. The average molecular weight is 312 g/mol. The van der Waals surface area contributed by atoms with Crippen LogP contribution in [0, 0.1) is 0 Å². The van der Waals surface area contributed by atoms with Gasteiger partial charge in [0.1, 0.15) is 12.4 Å². The summed E-state index contributed by atoms with van der Waals surface area (Å²) in [5.74, 6) is 0.914. The van der Waals surface area contributed by atoms with Crippen LogP contribution in [0.4, 0.5) is 0 Å². The molecule has 1 atom stereocenters. The molecule has 0 bridgehead atoms. The summed E-state index contributed by atoms with van der Waals surface area (Å²) in [5.41, 5.74) is 2.38. The highest BCUT2D eigenvalue weighted by Gasteiger charge is 2.26. The van der Waals surface area contributed by atoms with E-state index in [0.717, 1.165) is 42.9 Å². The number of aromatic amines is 1. The second kappa shape index (κ2) is 6.10. The number of para-hydroxylation sites is 1. The van der Waals surface area contributed by atoms with E-state index >= 15 is 0 Å². The molecule has 120 valence electrons. The zero-order chi connectivity index (χ0) is 15.6. The van der Waals surface area contributed by atoms with Gasteiger partial charge in [-0.15, -0.1) is 10.2 Å². The van der Waals surface area contributed by atoms with Crippen molar-refractivity contribution < 1.29 is 4.74 Å². The molecule has 0 unspecified atom stereocenters. The van der Waals surface area contributed by atoms with Crippen molar-refractivity contribution in [2.75, 3.05) is 19.7 Å². The normalized spacial score (nSPS) is 19.4. The van der Waals surface area contributed by atoms with Crippen molar-refractivity contribution >= 4 is 10.9 Å². The van der Waals surface area contributed by atoms with Crippen LogP contribution in [-0.2, 0) is 17.8 Å². The molecule has 1 fully saturated rings. The molecule has 0 amide bonds. The van der Waals surface area contributed by atoms with E-state index in [4.69, 9.17) is 4.74 Å². The molecule has 1 aliphatic rings. The number of morpholine rings is 1. The maximum absolute atomic E-state index is 5.92. The summed E-state index contributed by atoms with van der Waals surface area (Å²) in [5, 5.41) is 16.6. The van der Waals surface area contributed by atoms with E-state index in [1.807, 2.05) is 10.8 Å². The van der Waals surface area contributed by atoms with Crippen LogP contribution in [0.2, 0.25) is 0 Å². The molecule has 23 heavy (non-hydrogen) atoms. The Bertz CT molecular complexity index is 795. The minimum absolute atomic E-state index is 0.0211. The number of rotatable bonds is 4. The summed E-state index contributed by atoms with van der Waals surface area (Å²) in [7, 11) is 0. The van der Waals surface area contributed by atoms with Crippen molar-refractivity contribution in [3.8, 4) is 0 Å². The second-order valence-electron chi connectivity index (χ2n) is 5.82.